The first-order valence-corrected chi connectivity index (χ1v) is 10.2. The second-order valence-corrected chi connectivity index (χ2v) is 8.94. The number of nitrogens with one attached hydrogen (secondary N) is 1. The lowest BCUT2D eigenvalue weighted by Gasteiger charge is -2.52. The molecular weight excluding hydrogens is 456 g/mol. The predicted molar refractivity (Wildman–Crippen MR) is 109 cm³/mol. The summed E-state index contributed by atoms with van der Waals surface area (Å²) in [6.45, 7) is 1.68. The minimum atomic E-state index is -2.87. The number of hydrogen-bond donors (Lipinski definition) is 7. The maximum atomic E-state index is 13.7. The number of amides is 1. The van der Waals surface area contributed by atoms with Crippen molar-refractivity contribution in [1.29, 1.82) is 0 Å². The van der Waals surface area contributed by atoms with Crippen molar-refractivity contribution in [3.05, 3.63) is 46.2 Å². The van der Waals surface area contributed by atoms with Gasteiger partial charge in [0.1, 0.15) is 22.8 Å². The topological polar surface area (TPSA) is 183 Å². The third-order valence-electron chi connectivity index (χ3n) is 7.09. The summed E-state index contributed by atoms with van der Waals surface area (Å²) in [5.41, 5.74) is 1.54. The van der Waals surface area contributed by atoms with Crippen LogP contribution in [-0.4, -0.2) is 74.8 Å². The van der Waals surface area contributed by atoms with E-state index in [1.165, 1.54) is 6.07 Å². The van der Waals surface area contributed by atoms with Crippen molar-refractivity contribution in [1.82, 2.24) is 0 Å². The molecule has 1 aromatic rings. The van der Waals surface area contributed by atoms with E-state index in [1.807, 2.05) is 0 Å². The van der Waals surface area contributed by atoms with Crippen LogP contribution in [0.1, 0.15) is 24.0 Å². The minimum absolute atomic E-state index is 0. The number of nitrogens with two attached hydrogens (primary N) is 1. The van der Waals surface area contributed by atoms with Gasteiger partial charge in [0.25, 0.3) is 5.91 Å². The second kappa shape index (κ2) is 7.84. The number of ketones is 2. The van der Waals surface area contributed by atoms with Crippen LogP contribution in [0.25, 0.3) is 5.76 Å². The van der Waals surface area contributed by atoms with Crippen molar-refractivity contribution in [2.24, 2.45) is 17.6 Å². The monoisotopic (exact) mass is 480 g/mol. The number of Topliss-reactive ketones (excluding diaryl/α,β-unsaturated/α-hetero) is 2. The zero-order chi connectivity index (χ0) is 23.9. The first-order chi connectivity index (χ1) is 14.9. The molecule has 0 aromatic heterocycles. The molecule has 1 fully saturated rings. The lowest BCUT2D eigenvalue weighted by atomic mass is 9.54. The van der Waals surface area contributed by atoms with Crippen LogP contribution < -0.4 is 23.0 Å². The zero-order valence-electron chi connectivity index (χ0n) is 18.0. The van der Waals surface area contributed by atoms with Crippen molar-refractivity contribution in [3.63, 3.8) is 0 Å². The van der Waals surface area contributed by atoms with Crippen LogP contribution >= 0.6 is 0 Å². The van der Waals surface area contributed by atoms with Crippen LogP contribution in [0.3, 0.4) is 0 Å². The van der Waals surface area contributed by atoms with E-state index < -0.39 is 75.6 Å². The SMILES string of the molecule is C[C@@H]1c2cccc(O)c2C(O)=C2C(=O)[C@@]3(O)C(O)=C(C(N)=O)C(=O)[C@H]([NH+](C)C)[C@H]3[C@H](O)[C@H]21.[Cl-]. The Morgan fingerprint density at radius 2 is 1.76 bits per heavy atom. The van der Waals surface area contributed by atoms with E-state index in [1.54, 1.807) is 33.2 Å². The van der Waals surface area contributed by atoms with E-state index in [2.05, 4.69) is 0 Å². The highest BCUT2D eigenvalue weighted by Crippen LogP contribution is 2.55. The number of primary amides is 1. The molecule has 11 heteroatoms. The van der Waals surface area contributed by atoms with Gasteiger partial charge in [-0.3, -0.25) is 14.4 Å². The smallest absolute Gasteiger partial charge is 0.256 e. The summed E-state index contributed by atoms with van der Waals surface area (Å²) in [6.07, 6.45) is -1.57. The van der Waals surface area contributed by atoms with Crippen LogP contribution in [0.4, 0.5) is 0 Å². The number of carbonyl (C=O) groups excluding carboxylic acids is 3. The Hall–Kier alpha value is -2.92. The lowest BCUT2D eigenvalue weighted by molar-refractivity contribution is -0.881. The van der Waals surface area contributed by atoms with Gasteiger partial charge in [0.2, 0.25) is 11.6 Å². The van der Waals surface area contributed by atoms with E-state index >= 15 is 0 Å². The summed E-state index contributed by atoms with van der Waals surface area (Å²) in [5, 5.41) is 54.9. The van der Waals surface area contributed by atoms with Crippen molar-refractivity contribution >= 4 is 23.2 Å². The number of phenols is 1. The predicted octanol–water partition coefficient (Wildman–Crippen LogP) is -4.92. The number of aromatic hydroxyl groups is 1. The van der Waals surface area contributed by atoms with Gasteiger partial charge >= 0.3 is 0 Å². The average Bonchev–Trinajstić information content (AvgIpc) is 2.70. The van der Waals surface area contributed by atoms with Gasteiger partial charge in [0, 0.05) is 11.5 Å². The van der Waals surface area contributed by atoms with Gasteiger partial charge in [-0.25, -0.2) is 0 Å². The summed E-state index contributed by atoms with van der Waals surface area (Å²) in [6, 6.07) is 3.23. The fraction of sp³-hybridized carbons (Fsp3) is 0.409. The van der Waals surface area contributed by atoms with Crippen LogP contribution in [0.15, 0.2) is 35.1 Å². The molecule has 0 aliphatic heterocycles. The highest BCUT2D eigenvalue weighted by Gasteiger charge is 2.69. The molecule has 0 saturated heterocycles. The number of aliphatic hydroxyl groups excluding tert-OH is 3. The molecule has 0 heterocycles. The molecule has 0 unspecified atom stereocenters. The van der Waals surface area contributed by atoms with E-state index in [0.29, 0.717) is 10.5 Å². The molecule has 0 radical (unpaired) electrons. The summed E-state index contributed by atoms with van der Waals surface area (Å²) in [5.74, 6) is -8.72. The largest absolute Gasteiger partial charge is 1.00 e. The molecule has 33 heavy (non-hydrogen) atoms. The average molecular weight is 481 g/mol. The number of phenolic OH excluding ortho intramolecular Hbond substituents is 1. The molecule has 8 N–H and O–H groups in total. The van der Waals surface area contributed by atoms with Crippen molar-refractivity contribution in [2.45, 2.75) is 30.6 Å². The van der Waals surface area contributed by atoms with Gasteiger partial charge in [0.15, 0.2) is 11.6 Å². The van der Waals surface area contributed by atoms with E-state index in [0.717, 1.165) is 0 Å². The Morgan fingerprint density at radius 3 is 2.30 bits per heavy atom. The number of benzene rings is 1. The fourth-order valence-corrected chi connectivity index (χ4v) is 5.67. The third-order valence-corrected chi connectivity index (χ3v) is 7.09. The lowest BCUT2D eigenvalue weighted by Crippen LogP contribution is -3.13. The number of aliphatic hydroxyl groups is 4. The first-order valence-electron chi connectivity index (χ1n) is 10.2. The molecule has 1 amide bonds. The van der Waals surface area contributed by atoms with Gasteiger partial charge in [-0.05, 0) is 17.5 Å². The number of hydrogen-bond acceptors (Lipinski definition) is 8. The number of fused-ring (bicyclic) bond motifs is 3. The van der Waals surface area contributed by atoms with E-state index in [4.69, 9.17) is 5.73 Å². The molecule has 1 aromatic carbocycles. The van der Waals surface area contributed by atoms with Gasteiger partial charge in [-0.2, -0.15) is 0 Å². The number of rotatable bonds is 2. The molecule has 4 rings (SSSR count). The standard InChI is InChI=1S/C22H24N2O8.ClH/c1-7-8-5-4-6-9(25)11(8)16(26)12-10(7)17(27)14-15(24(2)3)18(28)13(21(23)31)20(30)22(14,32)19(12)29;/h4-7,10,14-15,17,25-27,30,32H,1-3H3,(H2,23,31);1H/t7-,10+,14+,15-,17-,22-;/m1./s1. The molecule has 178 valence electrons. The number of halogens is 1. The highest BCUT2D eigenvalue weighted by atomic mass is 35.5. The quantitative estimate of drug-likeness (QED) is 0.205. The molecule has 0 spiro atoms. The van der Waals surface area contributed by atoms with E-state index in [9.17, 15) is 39.9 Å². The maximum absolute atomic E-state index is 13.7. The van der Waals surface area contributed by atoms with Gasteiger partial charge < -0.3 is 48.6 Å². The Morgan fingerprint density at radius 1 is 1.15 bits per heavy atom. The Labute approximate surface area is 195 Å². The molecule has 1 saturated carbocycles. The number of quaternary nitrogens is 1. The molecule has 10 nitrogen and oxygen atoms in total. The number of carbonyl (C=O) groups is 3. The van der Waals surface area contributed by atoms with Crippen LogP contribution in [-0.2, 0) is 14.4 Å². The number of likely N-dealkylation sites (N-methyl/N-ethyl adjacent to an activating group) is 1. The van der Waals surface area contributed by atoms with Crippen LogP contribution in [0.2, 0.25) is 0 Å². The van der Waals surface area contributed by atoms with Crippen LogP contribution in [0, 0.1) is 11.8 Å². The van der Waals surface area contributed by atoms with Crippen molar-refractivity contribution in [2.75, 3.05) is 14.1 Å². The molecule has 6 atom stereocenters. The Balaban J connectivity index is 0.00000306. The molecule has 3 aliphatic carbocycles. The summed E-state index contributed by atoms with van der Waals surface area (Å²) in [7, 11) is 3.09. The zero-order valence-corrected chi connectivity index (χ0v) is 18.8. The first kappa shape index (κ1) is 24.7. The second-order valence-electron chi connectivity index (χ2n) is 8.94. The highest BCUT2D eigenvalue weighted by molar-refractivity contribution is 6.24. The molecule has 3 aliphatic rings. The Kier molecular flexibility index (Phi) is 5.87. The normalized spacial score (nSPS) is 33.3. The third kappa shape index (κ3) is 2.95. The van der Waals surface area contributed by atoms with Gasteiger partial charge in [-0.15, -0.1) is 0 Å². The fourth-order valence-electron chi connectivity index (χ4n) is 5.67. The van der Waals surface area contributed by atoms with E-state index in [-0.39, 0.29) is 23.7 Å². The Bertz CT molecular complexity index is 1140. The summed E-state index contributed by atoms with van der Waals surface area (Å²) in [4.78, 5) is 39.1. The summed E-state index contributed by atoms with van der Waals surface area (Å²) >= 11 is 0. The van der Waals surface area contributed by atoms with Gasteiger partial charge in [-0.1, -0.05) is 19.1 Å². The summed E-state index contributed by atoms with van der Waals surface area (Å²) < 4.78 is 0. The minimum Gasteiger partial charge on any atom is -1.00 e. The van der Waals surface area contributed by atoms with Crippen molar-refractivity contribution < 1.29 is 57.2 Å². The molecular formula is C22H25ClN2O8. The maximum Gasteiger partial charge on any atom is 0.256 e. The van der Waals surface area contributed by atoms with Crippen LogP contribution in [0.5, 0.6) is 5.75 Å². The van der Waals surface area contributed by atoms with Gasteiger partial charge in [0.05, 0.1) is 31.7 Å². The molecule has 0 bridgehead atoms. The van der Waals surface area contributed by atoms with Crippen molar-refractivity contribution in [3.8, 4) is 5.75 Å².